The number of fused-ring (bicyclic) bond motifs is 5. The zero-order valence-corrected chi connectivity index (χ0v) is 24.2. The third-order valence-electron chi connectivity index (χ3n) is 8.57. The van der Waals surface area contributed by atoms with Crippen molar-refractivity contribution in [1.29, 1.82) is 0 Å². The molecule has 0 saturated heterocycles. The number of allylic oxidation sites excluding steroid dienone is 1. The van der Waals surface area contributed by atoms with E-state index in [9.17, 15) is 14.4 Å². The molecule has 1 aliphatic heterocycles. The summed E-state index contributed by atoms with van der Waals surface area (Å²) in [5, 5.41) is 5.96. The molecule has 1 unspecified atom stereocenters. The number of benzene rings is 3. The van der Waals surface area contributed by atoms with Crippen molar-refractivity contribution in [3.63, 3.8) is 0 Å². The molecule has 1 aliphatic carbocycles. The molecule has 0 fully saturated rings. The van der Waals surface area contributed by atoms with E-state index in [0.29, 0.717) is 12.2 Å². The number of hydrogen-bond donors (Lipinski definition) is 1. The highest BCUT2D eigenvalue weighted by Crippen LogP contribution is 2.52. The maximum Gasteiger partial charge on any atom is 0.332 e. The molecule has 0 amide bonds. The standard InChI is InChI=1S/C33H31N5O4/c1-33(2)16-22-25-21-12-7-6-9-18(21)13-14-23(25)34-27(26(22)24(39)17-33)19-10-8-11-20(15-19)42-31-35-29-28(36(31)3)30(40)38(5)32(41)37(29)4/h6-15,27,34H,16-17H2,1-5H3. The number of rotatable bonds is 3. The maximum absolute atomic E-state index is 13.8. The van der Waals surface area contributed by atoms with Crippen LogP contribution in [-0.2, 0) is 25.9 Å². The molecule has 2 aliphatic rings. The number of aryl methyl sites for hydroxylation is 2. The molecular formula is C33H31N5O4. The van der Waals surface area contributed by atoms with E-state index in [1.807, 2.05) is 36.4 Å². The minimum atomic E-state index is -0.458. The number of carbonyl (C=O) groups excluding carboxylic acids is 1. The van der Waals surface area contributed by atoms with Crippen LogP contribution in [0.25, 0.3) is 27.5 Å². The molecule has 0 saturated carbocycles. The highest BCUT2D eigenvalue weighted by atomic mass is 16.5. The number of imidazole rings is 1. The molecule has 9 heteroatoms. The zero-order chi connectivity index (χ0) is 29.5. The Labute approximate surface area is 241 Å². The number of Topliss-reactive ketones (excluding diaryl/α,β-unsaturated/α-hetero) is 1. The summed E-state index contributed by atoms with van der Waals surface area (Å²) in [6.45, 7) is 4.32. The molecule has 3 heterocycles. The van der Waals surface area contributed by atoms with Gasteiger partial charge in [-0.1, -0.05) is 56.3 Å². The first-order valence-electron chi connectivity index (χ1n) is 14.0. The number of aromatic nitrogens is 4. The van der Waals surface area contributed by atoms with Gasteiger partial charge in [0.15, 0.2) is 16.9 Å². The molecule has 42 heavy (non-hydrogen) atoms. The lowest BCUT2D eigenvalue weighted by molar-refractivity contribution is -0.118. The Kier molecular flexibility index (Phi) is 5.60. The summed E-state index contributed by atoms with van der Waals surface area (Å²) in [5.74, 6) is 0.653. The molecule has 0 radical (unpaired) electrons. The number of ether oxygens (including phenoxy) is 1. The topological polar surface area (TPSA) is 100 Å². The van der Waals surface area contributed by atoms with Gasteiger partial charge in [-0.25, -0.2) is 4.79 Å². The molecule has 2 aromatic heterocycles. The molecule has 5 aromatic rings. The Morgan fingerprint density at radius 1 is 0.905 bits per heavy atom. The van der Waals surface area contributed by atoms with Crippen LogP contribution < -0.4 is 21.3 Å². The largest absolute Gasteiger partial charge is 0.425 e. The molecule has 3 aromatic carbocycles. The van der Waals surface area contributed by atoms with Crippen LogP contribution in [0.2, 0.25) is 0 Å². The fourth-order valence-electron chi connectivity index (χ4n) is 6.54. The van der Waals surface area contributed by atoms with Crippen LogP contribution in [0.5, 0.6) is 11.8 Å². The van der Waals surface area contributed by atoms with Crippen molar-refractivity contribution in [3.05, 3.63) is 98.2 Å². The first-order chi connectivity index (χ1) is 20.0. The summed E-state index contributed by atoms with van der Waals surface area (Å²) in [6.07, 6.45) is 1.28. The molecule has 212 valence electrons. The van der Waals surface area contributed by atoms with Gasteiger partial charge in [0.25, 0.3) is 5.56 Å². The van der Waals surface area contributed by atoms with Gasteiger partial charge in [0.1, 0.15) is 5.75 Å². The lowest BCUT2D eigenvalue weighted by atomic mass is 9.68. The number of nitrogens with zero attached hydrogens (tertiary/aromatic N) is 4. The fourth-order valence-corrected chi connectivity index (χ4v) is 6.54. The van der Waals surface area contributed by atoms with E-state index in [2.05, 4.69) is 48.4 Å². The van der Waals surface area contributed by atoms with Gasteiger partial charge in [-0.3, -0.25) is 23.3 Å². The minimum Gasteiger partial charge on any atom is -0.425 e. The van der Waals surface area contributed by atoms with E-state index < -0.39 is 11.2 Å². The Balaban J connectivity index is 1.34. The summed E-state index contributed by atoms with van der Waals surface area (Å²) in [4.78, 5) is 43.6. The van der Waals surface area contributed by atoms with Crippen LogP contribution in [0.3, 0.4) is 0 Å². The van der Waals surface area contributed by atoms with Crippen LogP contribution >= 0.6 is 0 Å². The molecule has 7 rings (SSSR count). The molecule has 1 atom stereocenters. The van der Waals surface area contributed by atoms with E-state index >= 15 is 0 Å². The summed E-state index contributed by atoms with van der Waals surface area (Å²) in [7, 11) is 4.70. The molecule has 0 spiro atoms. The quantitative estimate of drug-likeness (QED) is 0.324. The Hall–Kier alpha value is -4.92. The smallest absolute Gasteiger partial charge is 0.332 e. The minimum absolute atomic E-state index is 0.145. The van der Waals surface area contributed by atoms with E-state index in [0.717, 1.165) is 49.7 Å². The van der Waals surface area contributed by atoms with Gasteiger partial charge in [0, 0.05) is 44.4 Å². The second-order valence-corrected chi connectivity index (χ2v) is 12.1. The van der Waals surface area contributed by atoms with Gasteiger partial charge in [-0.15, -0.1) is 0 Å². The van der Waals surface area contributed by atoms with E-state index in [-0.39, 0.29) is 34.4 Å². The normalized spacial score (nSPS) is 17.7. The van der Waals surface area contributed by atoms with Crippen molar-refractivity contribution in [2.45, 2.75) is 32.7 Å². The summed E-state index contributed by atoms with van der Waals surface area (Å²) < 4.78 is 10.1. The van der Waals surface area contributed by atoms with E-state index in [1.165, 1.54) is 11.6 Å². The fraction of sp³-hybridized carbons (Fsp3) is 0.273. The van der Waals surface area contributed by atoms with Crippen molar-refractivity contribution >= 4 is 39.0 Å². The summed E-state index contributed by atoms with van der Waals surface area (Å²) in [6, 6.07) is 19.9. The van der Waals surface area contributed by atoms with Crippen LogP contribution in [-0.4, -0.2) is 24.5 Å². The predicted molar refractivity (Wildman–Crippen MR) is 163 cm³/mol. The Bertz CT molecular complexity index is 2130. The van der Waals surface area contributed by atoms with Crippen LogP contribution in [0.15, 0.2) is 75.8 Å². The third kappa shape index (κ3) is 3.83. The number of hydrogen-bond acceptors (Lipinski definition) is 6. The SMILES string of the molecule is Cn1c(=O)c2c(nc(Oc3cccc(C4Nc5ccc6ccccc6c5C5=C4C(=O)CC(C)(C)C5)c3)n2C)n(C)c1=O. The van der Waals surface area contributed by atoms with E-state index in [4.69, 9.17) is 4.74 Å². The summed E-state index contributed by atoms with van der Waals surface area (Å²) >= 11 is 0. The van der Waals surface area contributed by atoms with E-state index in [1.54, 1.807) is 18.7 Å². The number of ketones is 1. The van der Waals surface area contributed by atoms with Crippen molar-refractivity contribution in [2.75, 3.05) is 5.32 Å². The van der Waals surface area contributed by atoms with Crippen LogP contribution in [0, 0.1) is 5.41 Å². The first kappa shape index (κ1) is 26.0. The second-order valence-electron chi connectivity index (χ2n) is 12.1. The predicted octanol–water partition coefficient (Wildman–Crippen LogP) is 5.23. The zero-order valence-electron chi connectivity index (χ0n) is 24.2. The summed E-state index contributed by atoms with van der Waals surface area (Å²) in [5.41, 5.74) is 4.38. The molecule has 1 N–H and O–H groups in total. The molecular weight excluding hydrogens is 530 g/mol. The monoisotopic (exact) mass is 561 g/mol. The second kappa shape index (κ2) is 9.04. The van der Waals surface area contributed by atoms with Gasteiger partial charge in [0.05, 0.1) is 6.04 Å². The van der Waals surface area contributed by atoms with Gasteiger partial charge < -0.3 is 10.1 Å². The molecule has 9 nitrogen and oxygen atoms in total. The van der Waals surface area contributed by atoms with Gasteiger partial charge in [0.2, 0.25) is 0 Å². The lowest BCUT2D eigenvalue weighted by Gasteiger charge is -2.40. The maximum atomic E-state index is 13.8. The van der Waals surface area contributed by atoms with Gasteiger partial charge in [-0.2, -0.15) is 4.98 Å². The lowest BCUT2D eigenvalue weighted by Crippen LogP contribution is -2.37. The first-order valence-corrected chi connectivity index (χ1v) is 14.0. The highest BCUT2D eigenvalue weighted by Gasteiger charge is 2.41. The van der Waals surface area contributed by atoms with Crippen molar-refractivity contribution < 1.29 is 9.53 Å². The van der Waals surface area contributed by atoms with Gasteiger partial charge >= 0.3 is 11.7 Å². The number of nitrogens with one attached hydrogen (secondary N) is 1. The van der Waals surface area contributed by atoms with Crippen molar-refractivity contribution in [2.24, 2.45) is 26.6 Å². The highest BCUT2D eigenvalue weighted by molar-refractivity contribution is 6.12. The van der Waals surface area contributed by atoms with Crippen LogP contribution in [0.4, 0.5) is 5.69 Å². The van der Waals surface area contributed by atoms with Crippen molar-refractivity contribution in [3.8, 4) is 11.8 Å². The number of anilines is 1. The van der Waals surface area contributed by atoms with Gasteiger partial charge in [-0.05, 0) is 51.9 Å². The van der Waals surface area contributed by atoms with Crippen molar-refractivity contribution in [1.82, 2.24) is 18.7 Å². The average molecular weight is 562 g/mol. The Morgan fingerprint density at radius 2 is 1.69 bits per heavy atom. The molecule has 0 bridgehead atoms. The number of carbonyl (C=O) groups is 1. The third-order valence-corrected chi connectivity index (χ3v) is 8.57. The average Bonchev–Trinajstić information content (AvgIpc) is 3.29. The Morgan fingerprint density at radius 3 is 2.50 bits per heavy atom. The van der Waals surface area contributed by atoms with Crippen LogP contribution in [0.1, 0.15) is 43.9 Å².